The van der Waals surface area contributed by atoms with Crippen LogP contribution in [0.5, 0.6) is 0 Å². The van der Waals surface area contributed by atoms with Crippen LogP contribution >= 0.6 is 0 Å². The fourth-order valence-electron chi connectivity index (χ4n) is 14.1. The summed E-state index contributed by atoms with van der Waals surface area (Å²) < 4.78 is 9.45. The maximum atomic E-state index is 10.0. The Kier molecular flexibility index (Phi) is 11.5. The molecule has 18 rings (SSSR count). The van der Waals surface area contributed by atoms with Gasteiger partial charge in [0.05, 0.1) is 67.2 Å². The van der Waals surface area contributed by atoms with Gasteiger partial charge in [-0.3, -0.25) is 0 Å². The van der Waals surface area contributed by atoms with Gasteiger partial charge in [0.2, 0.25) is 0 Å². The molecule has 0 aliphatic carbocycles. The first-order valence-corrected chi connectivity index (χ1v) is 30.4. The van der Waals surface area contributed by atoms with Gasteiger partial charge in [0.1, 0.15) is 0 Å². The summed E-state index contributed by atoms with van der Waals surface area (Å²) in [6.45, 7) is 0. The highest BCUT2D eigenvalue weighted by molar-refractivity contribution is 6.15. The van der Waals surface area contributed by atoms with Crippen molar-refractivity contribution in [3.63, 3.8) is 0 Å². The molecule has 418 valence electrons. The van der Waals surface area contributed by atoms with Crippen LogP contribution in [0.25, 0.3) is 166 Å². The molecule has 18 aromatic rings. The zero-order valence-corrected chi connectivity index (χ0v) is 48.6. The van der Waals surface area contributed by atoms with E-state index in [1.807, 2.05) is 30.3 Å². The van der Waals surface area contributed by atoms with E-state index >= 15 is 0 Å². The quantitative estimate of drug-likeness (QED) is 0.145. The van der Waals surface area contributed by atoms with Crippen LogP contribution in [0.3, 0.4) is 0 Å². The van der Waals surface area contributed by atoms with Crippen molar-refractivity contribution in [2.24, 2.45) is 0 Å². The first-order chi connectivity index (χ1) is 44.6. The van der Waals surface area contributed by atoms with Crippen LogP contribution < -0.4 is 0 Å². The van der Waals surface area contributed by atoms with E-state index < -0.39 is 0 Å². The van der Waals surface area contributed by atoms with Gasteiger partial charge in [-0.25, -0.2) is 9.97 Å². The van der Waals surface area contributed by atoms with Crippen molar-refractivity contribution in [1.29, 1.82) is 5.26 Å². The lowest BCUT2D eigenvalue weighted by Gasteiger charge is -2.13. The molecule has 0 aliphatic rings. The number of hydrogen-bond acceptors (Lipinski definition) is 3. The molecule has 0 atom stereocenters. The van der Waals surface area contributed by atoms with E-state index in [4.69, 9.17) is 9.97 Å². The fraction of sp³-hybridized carbons (Fsp3) is 0. The molecule has 13 aromatic carbocycles. The van der Waals surface area contributed by atoms with Crippen molar-refractivity contribution in [2.75, 3.05) is 0 Å². The van der Waals surface area contributed by atoms with E-state index in [1.165, 1.54) is 76.3 Å². The van der Waals surface area contributed by atoms with Crippen molar-refractivity contribution >= 4 is 87.2 Å². The predicted octanol–water partition coefficient (Wildman–Crippen LogP) is 21.1. The third kappa shape index (κ3) is 8.13. The Morgan fingerprint density at radius 1 is 0.222 bits per heavy atom. The number of rotatable bonds is 9. The van der Waals surface area contributed by atoms with Crippen molar-refractivity contribution in [1.82, 2.24) is 28.2 Å². The van der Waals surface area contributed by atoms with Gasteiger partial charge >= 0.3 is 0 Å². The Balaban J connectivity index is 0.713. The zero-order valence-electron chi connectivity index (χ0n) is 48.6. The molecule has 7 nitrogen and oxygen atoms in total. The number of nitrogens with zero attached hydrogens (tertiary/aromatic N) is 7. The lowest BCUT2D eigenvalue weighted by molar-refractivity contribution is 1.15. The summed E-state index contributed by atoms with van der Waals surface area (Å²) >= 11 is 0. The second-order valence-corrected chi connectivity index (χ2v) is 23.3. The van der Waals surface area contributed by atoms with Crippen molar-refractivity contribution in [3.05, 3.63) is 315 Å². The SMILES string of the molecule is N#Cc1cccc(-c2cc(-c3ccc(-n4c5ccccc5c5cc(-c6ccc7c(c6)c6ccccc6n7-c6ccccc6)ccc54)cc3)nc(-c3cccc(-n4c5ccccc5c5cc(-c6ccc7c(c6)c6ccccc6n7-c6ccccc6)ccc54)c3)n2)c1. The number of fused-ring (bicyclic) bond motifs is 12. The Hall–Kier alpha value is -12.4. The largest absolute Gasteiger partial charge is 0.309 e. The van der Waals surface area contributed by atoms with Gasteiger partial charge in [0.25, 0.3) is 0 Å². The summed E-state index contributed by atoms with van der Waals surface area (Å²) in [5, 5.41) is 19.7. The average molecular weight is 1150 g/mol. The number of para-hydroxylation sites is 6. The molecule has 5 aromatic heterocycles. The van der Waals surface area contributed by atoms with Crippen LogP contribution in [0.2, 0.25) is 0 Å². The number of hydrogen-bond donors (Lipinski definition) is 0. The standard InChI is InChI=1S/C83H51N7/c84-52-53-17-15-18-59(45-53)74-51-73(54-33-39-63(40-34-54)89-77-31-13-9-27-67(77)71-49-57(37-43-81(71)89)55-35-41-79-69(47-55)65-25-7-11-29-75(65)87(79)61-20-3-1-4-21-61)85-83(86-74)60-19-16-24-64(46-60)90-78-32-14-10-28-68(78)72-50-58(38-44-82(72)90)56-36-42-80-70(48-56)66-26-8-12-30-76(66)88(80)62-22-5-2-6-23-62/h1-51H. The lowest BCUT2D eigenvalue weighted by Crippen LogP contribution is -1.99. The van der Waals surface area contributed by atoms with Crippen molar-refractivity contribution in [2.45, 2.75) is 0 Å². The Morgan fingerprint density at radius 2 is 0.556 bits per heavy atom. The summed E-state index contributed by atoms with van der Waals surface area (Å²) in [5.41, 5.74) is 23.0. The van der Waals surface area contributed by atoms with E-state index in [0.717, 1.165) is 84.0 Å². The second-order valence-electron chi connectivity index (χ2n) is 23.3. The Labute approximate surface area is 517 Å². The van der Waals surface area contributed by atoms with E-state index in [0.29, 0.717) is 11.4 Å². The molecule has 0 aliphatic heterocycles. The number of aromatic nitrogens is 6. The molecule has 0 saturated heterocycles. The first kappa shape index (κ1) is 50.9. The maximum absolute atomic E-state index is 10.0. The van der Waals surface area contributed by atoms with Crippen molar-refractivity contribution in [3.8, 4) is 85.0 Å². The van der Waals surface area contributed by atoms with E-state index in [-0.39, 0.29) is 0 Å². The third-order valence-electron chi connectivity index (χ3n) is 18.2. The van der Waals surface area contributed by atoms with E-state index in [2.05, 4.69) is 303 Å². The van der Waals surface area contributed by atoms with Gasteiger partial charge in [-0.05, 0) is 162 Å². The van der Waals surface area contributed by atoms with Gasteiger partial charge < -0.3 is 18.3 Å². The highest BCUT2D eigenvalue weighted by atomic mass is 15.0. The van der Waals surface area contributed by atoms with Crippen LogP contribution in [0.4, 0.5) is 0 Å². The van der Waals surface area contributed by atoms with Crippen LogP contribution in [0.15, 0.2) is 309 Å². The zero-order chi connectivity index (χ0) is 59.4. The van der Waals surface area contributed by atoms with Crippen LogP contribution in [0, 0.1) is 11.3 Å². The normalized spacial score (nSPS) is 11.8. The summed E-state index contributed by atoms with van der Waals surface area (Å²) in [6, 6.07) is 113. The van der Waals surface area contributed by atoms with Gasteiger partial charge in [-0.2, -0.15) is 5.26 Å². The molecule has 0 spiro atoms. The van der Waals surface area contributed by atoms with Gasteiger partial charge in [-0.1, -0.05) is 170 Å². The predicted molar refractivity (Wildman–Crippen MR) is 371 cm³/mol. The molecule has 0 bridgehead atoms. The topological polar surface area (TPSA) is 69.3 Å². The van der Waals surface area contributed by atoms with Gasteiger partial charge in [-0.15, -0.1) is 0 Å². The first-order valence-electron chi connectivity index (χ1n) is 30.4. The minimum absolute atomic E-state index is 0.567. The highest BCUT2D eigenvalue weighted by Crippen LogP contribution is 2.42. The lowest BCUT2D eigenvalue weighted by atomic mass is 10.0. The highest BCUT2D eigenvalue weighted by Gasteiger charge is 2.21. The van der Waals surface area contributed by atoms with Crippen molar-refractivity contribution < 1.29 is 0 Å². The summed E-state index contributed by atoms with van der Waals surface area (Å²) in [5.74, 6) is 0.585. The van der Waals surface area contributed by atoms with E-state index in [1.54, 1.807) is 0 Å². The summed E-state index contributed by atoms with van der Waals surface area (Å²) in [6.07, 6.45) is 0. The third-order valence-corrected chi connectivity index (χ3v) is 18.2. The molecule has 90 heavy (non-hydrogen) atoms. The monoisotopic (exact) mass is 1150 g/mol. The molecular weight excluding hydrogens is 1090 g/mol. The minimum Gasteiger partial charge on any atom is -0.309 e. The van der Waals surface area contributed by atoms with Gasteiger partial charge in [0, 0.05) is 82.5 Å². The number of nitriles is 1. The molecule has 5 heterocycles. The van der Waals surface area contributed by atoms with E-state index in [9.17, 15) is 5.26 Å². The number of benzene rings is 13. The molecule has 7 heteroatoms. The summed E-state index contributed by atoms with van der Waals surface area (Å²) in [7, 11) is 0. The second kappa shape index (κ2) is 20.4. The molecule has 0 fully saturated rings. The minimum atomic E-state index is 0.567. The molecule has 0 unspecified atom stereocenters. The fourth-order valence-corrected chi connectivity index (χ4v) is 14.1. The molecule has 0 N–H and O–H groups in total. The maximum Gasteiger partial charge on any atom is 0.160 e. The molecule has 0 amide bonds. The average Bonchev–Trinajstić information content (AvgIpc) is 1.74. The smallest absolute Gasteiger partial charge is 0.160 e. The molecule has 0 radical (unpaired) electrons. The van der Waals surface area contributed by atoms with Crippen LogP contribution in [-0.2, 0) is 0 Å². The Morgan fingerprint density at radius 3 is 0.989 bits per heavy atom. The molecule has 0 saturated carbocycles. The van der Waals surface area contributed by atoms with Crippen LogP contribution in [-0.4, -0.2) is 28.2 Å². The Bertz CT molecular complexity index is 5980. The molecular formula is C83H51N7. The van der Waals surface area contributed by atoms with Crippen LogP contribution in [0.1, 0.15) is 5.56 Å². The van der Waals surface area contributed by atoms with Gasteiger partial charge in [0.15, 0.2) is 5.82 Å². The summed E-state index contributed by atoms with van der Waals surface area (Å²) in [4.78, 5) is 10.7.